The van der Waals surface area contributed by atoms with Gasteiger partial charge in [0.15, 0.2) is 37.9 Å². The highest BCUT2D eigenvalue weighted by atomic mass is 79.9. The first-order valence-corrected chi connectivity index (χ1v) is 15.3. The predicted molar refractivity (Wildman–Crippen MR) is 182 cm³/mol. The van der Waals surface area contributed by atoms with Crippen LogP contribution < -0.4 is 52.9 Å². The summed E-state index contributed by atoms with van der Waals surface area (Å²) in [5, 5.41) is 1.49. The van der Waals surface area contributed by atoms with E-state index in [1.807, 2.05) is 48.5 Å². The lowest BCUT2D eigenvalue weighted by Gasteiger charge is -2.18. The van der Waals surface area contributed by atoms with Crippen LogP contribution in [0.4, 0.5) is 22.7 Å². The van der Waals surface area contributed by atoms with Crippen molar-refractivity contribution in [1.82, 2.24) is 0 Å². The van der Waals surface area contributed by atoms with Crippen LogP contribution in [0.3, 0.4) is 0 Å². The zero-order chi connectivity index (χ0) is 30.5. The van der Waals surface area contributed by atoms with Crippen molar-refractivity contribution < 1.29 is 43.1 Å². The van der Waals surface area contributed by atoms with Crippen LogP contribution in [0.1, 0.15) is 11.1 Å². The van der Waals surface area contributed by atoms with Crippen molar-refractivity contribution in [2.75, 3.05) is 23.9 Å². The Kier molecular flexibility index (Phi) is 12.4. The summed E-state index contributed by atoms with van der Waals surface area (Å²) in [6.07, 6.45) is 8.49. The van der Waals surface area contributed by atoms with Crippen LogP contribution in [-0.4, -0.2) is 14.1 Å². The van der Waals surface area contributed by atoms with Gasteiger partial charge in [-0.1, -0.05) is 71.7 Å². The Morgan fingerprint density at radius 3 is 1.00 bits per heavy atom. The molecule has 4 aromatic carbocycles. The molecule has 8 heteroatoms. The average Bonchev–Trinajstić information content (AvgIpc) is 3.06. The van der Waals surface area contributed by atoms with Crippen molar-refractivity contribution in [2.45, 2.75) is 13.1 Å². The summed E-state index contributed by atoms with van der Waals surface area (Å²) < 4.78 is 4.39. The van der Waals surface area contributed by atoms with Gasteiger partial charge in [-0.15, -0.1) is 0 Å². The van der Waals surface area contributed by atoms with E-state index in [0.29, 0.717) is 0 Å². The van der Waals surface area contributed by atoms with Gasteiger partial charge in [0, 0.05) is 70.9 Å². The Balaban J connectivity index is 0.00000240. The van der Waals surface area contributed by atoms with Crippen LogP contribution >= 0.6 is 23.2 Å². The first-order chi connectivity index (χ1) is 21.4. The minimum absolute atomic E-state index is 0. The van der Waals surface area contributed by atoms with E-state index >= 15 is 0 Å². The van der Waals surface area contributed by atoms with Crippen molar-refractivity contribution in [3.63, 3.8) is 0 Å². The quantitative estimate of drug-likeness (QED) is 0.210. The summed E-state index contributed by atoms with van der Waals surface area (Å²) in [5.74, 6) is 0. The van der Waals surface area contributed by atoms with Gasteiger partial charge in [-0.25, -0.2) is 9.13 Å². The van der Waals surface area contributed by atoms with E-state index in [1.165, 1.54) is 22.3 Å². The van der Waals surface area contributed by atoms with Gasteiger partial charge in [-0.05, 0) is 59.7 Å². The molecule has 6 rings (SSSR count). The third-order valence-corrected chi connectivity index (χ3v) is 8.42. The van der Waals surface area contributed by atoms with Crippen LogP contribution in [0.2, 0.25) is 10.0 Å². The van der Waals surface area contributed by atoms with Gasteiger partial charge in [0.05, 0.1) is 11.4 Å². The fraction of sp³-hybridized carbons (Fsp3) is 0.105. The number of pyridine rings is 2. The molecular formula is C38H34Br2Cl2N4. The molecule has 6 aromatic rings. The predicted octanol–water partition coefficient (Wildman–Crippen LogP) is 2.88. The molecule has 0 spiro atoms. The van der Waals surface area contributed by atoms with E-state index in [0.717, 1.165) is 45.9 Å². The molecule has 0 aliphatic heterocycles. The number of hydrogen-bond acceptors (Lipinski definition) is 2. The van der Waals surface area contributed by atoms with E-state index in [1.54, 1.807) is 0 Å². The van der Waals surface area contributed by atoms with E-state index in [9.17, 15) is 0 Å². The van der Waals surface area contributed by atoms with Crippen molar-refractivity contribution in [3.05, 3.63) is 167 Å². The molecule has 234 valence electrons. The molecule has 0 saturated carbocycles. The molecule has 0 saturated heterocycles. The number of nitrogens with zero attached hydrogens (tertiary/aromatic N) is 4. The van der Waals surface area contributed by atoms with Gasteiger partial charge in [-0.3, -0.25) is 0 Å². The lowest BCUT2D eigenvalue weighted by atomic mass is 10.0. The molecule has 0 aliphatic carbocycles. The van der Waals surface area contributed by atoms with Gasteiger partial charge < -0.3 is 43.8 Å². The monoisotopic (exact) mass is 774 g/mol. The zero-order valence-corrected chi connectivity index (χ0v) is 30.3. The molecule has 0 amide bonds. The maximum Gasteiger partial charge on any atom is 0.173 e. The van der Waals surface area contributed by atoms with Crippen molar-refractivity contribution in [1.29, 1.82) is 0 Å². The highest BCUT2D eigenvalue weighted by Crippen LogP contribution is 2.26. The molecule has 46 heavy (non-hydrogen) atoms. The molecule has 0 bridgehead atoms. The van der Waals surface area contributed by atoms with Gasteiger partial charge in [-0.2, -0.15) is 0 Å². The Labute approximate surface area is 302 Å². The number of halogens is 4. The largest absolute Gasteiger partial charge is 1.00 e. The first-order valence-electron chi connectivity index (χ1n) is 14.6. The lowest BCUT2D eigenvalue weighted by Crippen LogP contribution is -3.00. The minimum Gasteiger partial charge on any atom is -1.00 e. The molecule has 0 aliphatic rings. The second-order valence-corrected chi connectivity index (χ2v) is 11.8. The molecular weight excluding hydrogens is 743 g/mol. The van der Waals surface area contributed by atoms with Crippen molar-refractivity contribution in [2.24, 2.45) is 0 Å². The van der Waals surface area contributed by atoms with E-state index in [-0.39, 0.29) is 34.0 Å². The molecule has 2 heterocycles. The summed E-state index contributed by atoms with van der Waals surface area (Å²) >= 11 is 12.1. The Morgan fingerprint density at radius 1 is 0.413 bits per heavy atom. The number of hydrogen-bond donors (Lipinski definition) is 0. The van der Waals surface area contributed by atoms with E-state index < -0.39 is 0 Å². The fourth-order valence-corrected chi connectivity index (χ4v) is 5.46. The average molecular weight is 777 g/mol. The summed E-state index contributed by atoms with van der Waals surface area (Å²) in [5.41, 5.74) is 9.40. The Morgan fingerprint density at radius 2 is 0.696 bits per heavy atom. The number of anilines is 4. The molecule has 0 atom stereocenters. The smallest absolute Gasteiger partial charge is 0.173 e. The van der Waals surface area contributed by atoms with Gasteiger partial charge in [0.2, 0.25) is 0 Å². The van der Waals surface area contributed by atoms with Crippen LogP contribution in [0.15, 0.2) is 146 Å². The Bertz CT molecular complexity index is 1670. The van der Waals surface area contributed by atoms with E-state index in [2.05, 4.69) is 131 Å². The molecule has 0 N–H and O–H groups in total. The van der Waals surface area contributed by atoms with Gasteiger partial charge in [0.25, 0.3) is 0 Å². The molecule has 0 unspecified atom stereocenters. The highest BCUT2D eigenvalue weighted by molar-refractivity contribution is 6.30. The standard InChI is InChI=1S/C38H34Cl2N4.2BrH/c1-41(35-15-11-33(39)12-16-35)37-19-23-43(24-20-37)27-29-3-7-31(8-4-29)32-9-5-30(6-10-32)28-44-25-21-38(22-26-44)42(2)36-17-13-34(40)14-18-36;;/h3-26H,27-28H2,1-2H3;2*1H/q+2;;/p-2. The van der Waals surface area contributed by atoms with E-state index in [4.69, 9.17) is 23.2 Å². The molecule has 4 nitrogen and oxygen atoms in total. The van der Waals surface area contributed by atoms with Gasteiger partial charge in [0.1, 0.15) is 0 Å². The second kappa shape index (κ2) is 16.2. The highest BCUT2D eigenvalue weighted by Gasteiger charge is 2.10. The maximum atomic E-state index is 6.04. The first kappa shape index (κ1) is 35.2. The molecule has 0 fully saturated rings. The summed E-state index contributed by atoms with van der Waals surface area (Å²) in [4.78, 5) is 4.30. The van der Waals surface area contributed by atoms with Crippen LogP contribution in [0, 0.1) is 0 Å². The molecule has 0 radical (unpaired) electrons. The number of aromatic nitrogens is 2. The zero-order valence-electron chi connectivity index (χ0n) is 25.6. The maximum absolute atomic E-state index is 6.04. The second-order valence-electron chi connectivity index (χ2n) is 10.9. The normalized spacial score (nSPS) is 10.4. The third-order valence-electron chi connectivity index (χ3n) is 7.92. The third kappa shape index (κ3) is 8.77. The lowest BCUT2D eigenvalue weighted by molar-refractivity contribution is -0.688. The SMILES string of the molecule is CN(c1ccc(Cl)cc1)c1cc[n+](Cc2ccc(-c3ccc(C[n+]4ccc(N(C)c5ccc(Cl)cc5)cc4)cc3)cc2)cc1.[Br-].[Br-]. The summed E-state index contributed by atoms with van der Waals surface area (Å²) in [6, 6.07) is 42.0. The summed E-state index contributed by atoms with van der Waals surface area (Å²) in [7, 11) is 4.13. The summed E-state index contributed by atoms with van der Waals surface area (Å²) in [6.45, 7) is 1.63. The Hall–Kier alpha value is -3.68. The van der Waals surface area contributed by atoms with Crippen molar-refractivity contribution >= 4 is 46.0 Å². The molecule has 2 aromatic heterocycles. The number of benzene rings is 4. The van der Waals surface area contributed by atoms with Crippen LogP contribution in [-0.2, 0) is 13.1 Å². The van der Waals surface area contributed by atoms with Gasteiger partial charge >= 0.3 is 0 Å². The minimum atomic E-state index is 0. The number of rotatable bonds is 9. The topological polar surface area (TPSA) is 14.2 Å². The van der Waals surface area contributed by atoms with Crippen LogP contribution in [0.25, 0.3) is 11.1 Å². The fourth-order valence-electron chi connectivity index (χ4n) is 5.21. The van der Waals surface area contributed by atoms with Crippen LogP contribution in [0.5, 0.6) is 0 Å². The van der Waals surface area contributed by atoms with Crippen molar-refractivity contribution in [3.8, 4) is 11.1 Å².